The van der Waals surface area contributed by atoms with Crippen molar-refractivity contribution in [3.05, 3.63) is 60.3 Å². The Labute approximate surface area is 122 Å². The molecule has 0 spiro atoms. The van der Waals surface area contributed by atoms with Crippen LogP contribution >= 0.6 is 0 Å². The summed E-state index contributed by atoms with van der Waals surface area (Å²) in [6, 6.07) is 15.0. The molecule has 4 nitrogen and oxygen atoms in total. The molecule has 1 heterocycles. The third-order valence-electron chi connectivity index (χ3n) is 3.23. The number of rotatable bonds is 4. The van der Waals surface area contributed by atoms with E-state index in [-0.39, 0.29) is 6.61 Å². The number of hydrogen-bond acceptors (Lipinski definition) is 4. The van der Waals surface area contributed by atoms with Crippen LogP contribution < -0.4 is 9.47 Å². The Bertz CT molecular complexity index is 771. The van der Waals surface area contributed by atoms with E-state index in [0.717, 1.165) is 22.1 Å². The Morgan fingerprint density at radius 1 is 1.05 bits per heavy atom. The van der Waals surface area contributed by atoms with Crippen molar-refractivity contribution in [2.24, 2.45) is 0 Å². The summed E-state index contributed by atoms with van der Waals surface area (Å²) >= 11 is 0. The van der Waals surface area contributed by atoms with E-state index in [1.54, 1.807) is 19.4 Å². The molecule has 0 amide bonds. The van der Waals surface area contributed by atoms with Crippen LogP contribution in [0.2, 0.25) is 0 Å². The molecule has 0 radical (unpaired) electrons. The number of pyridine rings is 1. The number of aliphatic hydroxyl groups excluding tert-OH is 1. The summed E-state index contributed by atoms with van der Waals surface area (Å²) in [5.41, 5.74) is 0.797. The van der Waals surface area contributed by atoms with Crippen LogP contribution in [0.25, 0.3) is 10.8 Å². The van der Waals surface area contributed by atoms with E-state index in [0.29, 0.717) is 11.6 Å². The van der Waals surface area contributed by atoms with Gasteiger partial charge in [0.15, 0.2) is 0 Å². The second kappa shape index (κ2) is 5.81. The molecule has 4 heteroatoms. The Morgan fingerprint density at radius 3 is 2.76 bits per heavy atom. The maximum atomic E-state index is 9.18. The predicted molar refractivity (Wildman–Crippen MR) is 80.7 cm³/mol. The highest BCUT2D eigenvalue weighted by atomic mass is 16.5. The lowest BCUT2D eigenvalue weighted by atomic mass is 10.1. The molecule has 0 saturated carbocycles. The zero-order valence-electron chi connectivity index (χ0n) is 11.6. The zero-order chi connectivity index (χ0) is 14.7. The van der Waals surface area contributed by atoms with Crippen LogP contribution in [0.1, 0.15) is 5.56 Å². The first kappa shape index (κ1) is 13.4. The van der Waals surface area contributed by atoms with E-state index in [1.807, 2.05) is 42.5 Å². The van der Waals surface area contributed by atoms with Gasteiger partial charge in [-0.1, -0.05) is 18.2 Å². The van der Waals surface area contributed by atoms with Crippen LogP contribution in [-0.4, -0.2) is 17.2 Å². The SMILES string of the molecule is COc1ccc2ccnc(Oc3cccc(CO)c3)c2c1. The first-order valence-electron chi connectivity index (χ1n) is 6.60. The predicted octanol–water partition coefficient (Wildman–Crippen LogP) is 3.53. The molecule has 0 saturated heterocycles. The van der Waals surface area contributed by atoms with Crippen LogP contribution in [0.4, 0.5) is 0 Å². The van der Waals surface area contributed by atoms with Crippen molar-refractivity contribution < 1.29 is 14.6 Å². The first-order valence-corrected chi connectivity index (χ1v) is 6.60. The summed E-state index contributed by atoms with van der Waals surface area (Å²) in [4.78, 5) is 4.29. The summed E-state index contributed by atoms with van der Waals surface area (Å²) in [7, 11) is 1.63. The lowest BCUT2D eigenvalue weighted by molar-refractivity contribution is 0.281. The highest BCUT2D eigenvalue weighted by Gasteiger charge is 2.07. The molecule has 0 aliphatic heterocycles. The Morgan fingerprint density at radius 2 is 1.95 bits per heavy atom. The molecule has 0 aliphatic rings. The second-order valence-corrected chi connectivity index (χ2v) is 4.61. The van der Waals surface area contributed by atoms with Gasteiger partial charge in [0.05, 0.1) is 13.7 Å². The van der Waals surface area contributed by atoms with Crippen LogP contribution in [0.3, 0.4) is 0 Å². The second-order valence-electron chi connectivity index (χ2n) is 4.61. The number of hydrogen-bond donors (Lipinski definition) is 1. The lowest BCUT2D eigenvalue weighted by Crippen LogP contribution is -1.91. The van der Waals surface area contributed by atoms with Crippen LogP contribution in [-0.2, 0) is 6.61 Å². The van der Waals surface area contributed by atoms with Crippen molar-refractivity contribution in [2.45, 2.75) is 6.61 Å². The van der Waals surface area contributed by atoms with E-state index in [1.165, 1.54) is 0 Å². The quantitative estimate of drug-likeness (QED) is 0.795. The summed E-state index contributed by atoms with van der Waals surface area (Å²) in [5.74, 6) is 1.91. The van der Waals surface area contributed by atoms with Gasteiger partial charge in [-0.25, -0.2) is 4.98 Å². The monoisotopic (exact) mass is 281 g/mol. The minimum Gasteiger partial charge on any atom is -0.497 e. The topological polar surface area (TPSA) is 51.6 Å². The largest absolute Gasteiger partial charge is 0.497 e. The van der Waals surface area contributed by atoms with Crippen molar-refractivity contribution in [1.29, 1.82) is 0 Å². The van der Waals surface area contributed by atoms with E-state index in [4.69, 9.17) is 9.47 Å². The van der Waals surface area contributed by atoms with Gasteiger partial charge in [0, 0.05) is 11.6 Å². The number of ether oxygens (including phenoxy) is 2. The fourth-order valence-corrected chi connectivity index (χ4v) is 2.15. The van der Waals surface area contributed by atoms with Gasteiger partial charge in [-0.15, -0.1) is 0 Å². The molecule has 0 unspecified atom stereocenters. The van der Waals surface area contributed by atoms with Crippen molar-refractivity contribution in [2.75, 3.05) is 7.11 Å². The number of fused-ring (bicyclic) bond motifs is 1. The Balaban J connectivity index is 2.03. The minimum absolute atomic E-state index is 0.0199. The third-order valence-corrected chi connectivity index (χ3v) is 3.23. The fourth-order valence-electron chi connectivity index (χ4n) is 2.15. The highest BCUT2D eigenvalue weighted by molar-refractivity contribution is 5.88. The molecule has 1 aromatic heterocycles. The van der Waals surface area contributed by atoms with Crippen molar-refractivity contribution in [1.82, 2.24) is 4.98 Å². The Kier molecular flexibility index (Phi) is 3.71. The highest BCUT2D eigenvalue weighted by Crippen LogP contribution is 2.30. The van der Waals surface area contributed by atoms with Gasteiger partial charge < -0.3 is 14.6 Å². The first-order chi connectivity index (χ1) is 10.3. The summed E-state index contributed by atoms with van der Waals surface area (Å²) in [6.45, 7) is -0.0199. The van der Waals surface area contributed by atoms with E-state index >= 15 is 0 Å². The lowest BCUT2D eigenvalue weighted by Gasteiger charge is -2.09. The third kappa shape index (κ3) is 2.80. The van der Waals surface area contributed by atoms with Crippen molar-refractivity contribution >= 4 is 10.8 Å². The van der Waals surface area contributed by atoms with E-state index in [2.05, 4.69) is 4.98 Å². The van der Waals surface area contributed by atoms with Gasteiger partial charge >= 0.3 is 0 Å². The maximum absolute atomic E-state index is 9.18. The standard InChI is InChI=1S/C17H15NO3/c1-20-14-6-5-13-7-8-18-17(16(13)10-14)21-15-4-2-3-12(9-15)11-19/h2-10,19H,11H2,1H3. The molecule has 3 aromatic rings. The van der Waals surface area contributed by atoms with Gasteiger partial charge in [0.2, 0.25) is 5.88 Å². The smallest absolute Gasteiger partial charge is 0.227 e. The van der Waals surface area contributed by atoms with Gasteiger partial charge in [-0.05, 0) is 41.3 Å². The van der Waals surface area contributed by atoms with E-state index < -0.39 is 0 Å². The number of benzene rings is 2. The zero-order valence-corrected chi connectivity index (χ0v) is 11.6. The maximum Gasteiger partial charge on any atom is 0.227 e. The normalized spacial score (nSPS) is 10.6. The molecular weight excluding hydrogens is 266 g/mol. The molecule has 0 aliphatic carbocycles. The number of aliphatic hydroxyl groups is 1. The van der Waals surface area contributed by atoms with Crippen LogP contribution in [0.15, 0.2) is 54.7 Å². The molecule has 106 valence electrons. The van der Waals surface area contributed by atoms with Crippen LogP contribution in [0, 0.1) is 0 Å². The van der Waals surface area contributed by atoms with Crippen molar-refractivity contribution in [3.63, 3.8) is 0 Å². The Hall–Kier alpha value is -2.59. The van der Waals surface area contributed by atoms with Gasteiger partial charge in [0.1, 0.15) is 11.5 Å². The van der Waals surface area contributed by atoms with Crippen LogP contribution in [0.5, 0.6) is 17.4 Å². The minimum atomic E-state index is -0.0199. The number of methoxy groups -OCH3 is 1. The van der Waals surface area contributed by atoms with Gasteiger partial charge in [-0.3, -0.25) is 0 Å². The molecule has 0 atom stereocenters. The fraction of sp³-hybridized carbons (Fsp3) is 0.118. The van der Waals surface area contributed by atoms with Gasteiger partial charge in [-0.2, -0.15) is 0 Å². The summed E-state index contributed by atoms with van der Waals surface area (Å²) in [6.07, 6.45) is 1.71. The number of aromatic nitrogens is 1. The average Bonchev–Trinajstić information content (AvgIpc) is 2.55. The molecule has 3 rings (SSSR count). The molecule has 0 bridgehead atoms. The van der Waals surface area contributed by atoms with Crippen molar-refractivity contribution in [3.8, 4) is 17.4 Å². The number of nitrogens with zero attached hydrogens (tertiary/aromatic N) is 1. The summed E-state index contributed by atoms with van der Waals surface area (Å²) < 4.78 is 11.1. The molecule has 2 aromatic carbocycles. The molecular formula is C17H15NO3. The summed E-state index contributed by atoms with van der Waals surface area (Å²) in [5, 5.41) is 11.1. The average molecular weight is 281 g/mol. The van der Waals surface area contributed by atoms with Gasteiger partial charge in [0.25, 0.3) is 0 Å². The van der Waals surface area contributed by atoms with E-state index in [9.17, 15) is 5.11 Å². The molecule has 21 heavy (non-hydrogen) atoms. The molecule has 1 N–H and O–H groups in total. The molecule has 0 fully saturated rings.